The fourth-order valence-electron chi connectivity index (χ4n) is 2.31. The van der Waals surface area contributed by atoms with Gasteiger partial charge < -0.3 is 0 Å². The van der Waals surface area contributed by atoms with Crippen LogP contribution in [-0.2, 0) is 10.0 Å². The van der Waals surface area contributed by atoms with Crippen molar-refractivity contribution in [3.8, 4) is 0 Å². The summed E-state index contributed by atoms with van der Waals surface area (Å²) in [6, 6.07) is 1.53. The van der Waals surface area contributed by atoms with Gasteiger partial charge in [-0.3, -0.25) is 10.1 Å². The van der Waals surface area contributed by atoms with E-state index in [0.29, 0.717) is 11.1 Å². The lowest BCUT2D eigenvalue weighted by Crippen LogP contribution is -2.41. The number of hydrogen-bond donors (Lipinski definition) is 1. The summed E-state index contributed by atoms with van der Waals surface area (Å²) in [5, 5.41) is 11.1. The number of rotatable bonds is 3. The molecule has 0 saturated heterocycles. The van der Waals surface area contributed by atoms with Crippen molar-refractivity contribution in [1.29, 1.82) is 0 Å². The Bertz CT molecular complexity index is 658. The highest BCUT2D eigenvalue weighted by Gasteiger charge is 2.30. The number of aryl methyl sites for hydroxylation is 2. The molecule has 0 saturated carbocycles. The van der Waals surface area contributed by atoms with Crippen molar-refractivity contribution in [3.05, 3.63) is 32.9 Å². The maximum atomic E-state index is 12.4. The van der Waals surface area contributed by atoms with Gasteiger partial charge in [0.15, 0.2) is 0 Å². The van der Waals surface area contributed by atoms with E-state index < -0.39 is 20.5 Å². The van der Waals surface area contributed by atoms with Crippen LogP contribution in [0.3, 0.4) is 0 Å². The van der Waals surface area contributed by atoms with Crippen molar-refractivity contribution in [3.63, 3.8) is 0 Å². The van der Waals surface area contributed by atoms with Crippen LogP contribution in [-0.4, -0.2) is 18.9 Å². The maximum absolute atomic E-state index is 12.4. The average Bonchev–Trinajstić information content (AvgIpc) is 2.09. The molecule has 0 atom stereocenters. The van der Waals surface area contributed by atoms with E-state index in [-0.39, 0.29) is 16.1 Å². The molecule has 0 bridgehead atoms. The van der Waals surface area contributed by atoms with E-state index in [9.17, 15) is 18.5 Å². The molecule has 0 radical (unpaired) electrons. The third-order valence-corrected chi connectivity index (χ3v) is 4.80. The fraction of sp³-hybridized carbons (Fsp3) is 0.538. The summed E-state index contributed by atoms with van der Waals surface area (Å²) < 4.78 is 27.4. The molecule has 7 heteroatoms. The van der Waals surface area contributed by atoms with Crippen molar-refractivity contribution in [1.82, 2.24) is 4.72 Å². The summed E-state index contributed by atoms with van der Waals surface area (Å²) in [6.45, 7) is 9.87. The van der Waals surface area contributed by atoms with Crippen LogP contribution in [0, 0.1) is 30.9 Å². The first-order valence-corrected chi connectivity index (χ1v) is 7.64. The molecule has 0 aromatic heterocycles. The topological polar surface area (TPSA) is 89.3 Å². The predicted molar refractivity (Wildman–Crippen MR) is 77.4 cm³/mol. The molecule has 112 valence electrons. The van der Waals surface area contributed by atoms with Gasteiger partial charge in [0.1, 0.15) is 0 Å². The molecule has 1 rings (SSSR count). The van der Waals surface area contributed by atoms with Crippen molar-refractivity contribution < 1.29 is 13.3 Å². The average molecular weight is 300 g/mol. The van der Waals surface area contributed by atoms with Gasteiger partial charge in [-0.25, -0.2) is 13.1 Å². The Kier molecular flexibility index (Phi) is 4.26. The third kappa shape index (κ3) is 3.34. The fourth-order valence-corrected chi connectivity index (χ4v) is 4.20. The van der Waals surface area contributed by atoms with Crippen LogP contribution >= 0.6 is 0 Å². The van der Waals surface area contributed by atoms with E-state index >= 15 is 0 Å². The molecule has 1 aromatic carbocycles. The van der Waals surface area contributed by atoms with Crippen LogP contribution in [0.25, 0.3) is 0 Å². The van der Waals surface area contributed by atoms with Crippen molar-refractivity contribution in [2.24, 2.45) is 0 Å². The lowest BCUT2D eigenvalue weighted by molar-refractivity contribution is -0.386. The second kappa shape index (κ2) is 5.14. The lowest BCUT2D eigenvalue weighted by atomic mass is 10.1. The minimum atomic E-state index is -3.81. The Labute approximate surface area is 119 Å². The zero-order valence-corrected chi connectivity index (χ0v) is 13.4. The van der Waals surface area contributed by atoms with Crippen LogP contribution in [0.5, 0.6) is 0 Å². The molecule has 20 heavy (non-hydrogen) atoms. The molecule has 0 fully saturated rings. The van der Waals surface area contributed by atoms with Crippen molar-refractivity contribution in [2.45, 2.75) is 52.0 Å². The van der Waals surface area contributed by atoms with E-state index in [1.54, 1.807) is 34.6 Å². The highest BCUT2D eigenvalue weighted by atomic mass is 32.2. The van der Waals surface area contributed by atoms with Gasteiger partial charge in [0.25, 0.3) is 5.69 Å². The second-order valence-electron chi connectivity index (χ2n) is 5.93. The molecule has 0 spiro atoms. The van der Waals surface area contributed by atoms with Gasteiger partial charge in [0.05, 0.1) is 9.82 Å². The molecule has 0 unspecified atom stereocenters. The monoisotopic (exact) mass is 300 g/mol. The number of nitrogens with zero attached hydrogens (tertiary/aromatic N) is 1. The van der Waals surface area contributed by atoms with E-state index in [1.165, 1.54) is 13.0 Å². The molecule has 0 aliphatic heterocycles. The summed E-state index contributed by atoms with van der Waals surface area (Å²) in [6.07, 6.45) is 0. The number of sulfonamides is 1. The standard InChI is InChI=1S/C13H20N2O4S/c1-8-7-9(2)12(10(3)11(8)15(16)17)20(18,19)14-13(4,5)6/h7,14H,1-6H3. The largest absolute Gasteiger partial charge is 0.276 e. The Morgan fingerprint density at radius 3 is 2.05 bits per heavy atom. The molecule has 6 nitrogen and oxygen atoms in total. The summed E-state index contributed by atoms with van der Waals surface area (Å²) in [7, 11) is -3.81. The van der Waals surface area contributed by atoms with Gasteiger partial charge in [-0.05, 0) is 53.2 Å². The molecule has 0 heterocycles. The highest BCUT2D eigenvalue weighted by molar-refractivity contribution is 7.89. The van der Waals surface area contributed by atoms with Crippen LogP contribution in [0.15, 0.2) is 11.0 Å². The Hall–Kier alpha value is -1.47. The predicted octanol–water partition coefficient (Wildman–Crippen LogP) is 2.60. The van der Waals surface area contributed by atoms with Gasteiger partial charge in [-0.15, -0.1) is 0 Å². The number of hydrogen-bond acceptors (Lipinski definition) is 4. The van der Waals surface area contributed by atoms with E-state index in [4.69, 9.17) is 0 Å². The number of nitrogens with one attached hydrogen (secondary N) is 1. The van der Waals surface area contributed by atoms with Crippen LogP contribution < -0.4 is 4.72 Å². The molecule has 1 aromatic rings. The third-order valence-electron chi connectivity index (χ3n) is 2.75. The summed E-state index contributed by atoms with van der Waals surface area (Å²) >= 11 is 0. The second-order valence-corrected chi connectivity index (χ2v) is 7.54. The minimum absolute atomic E-state index is 0.00951. The summed E-state index contributed by atoms with van der Waals surface area (Å²) in [4.78, 5) is 10.6. The number of nitro benzene ring substituents is 1. The maximum Gasteiger partial charge on any atom is 0.276 e. The lowest BCUT2D eigenvalue weighted by Gasteiger charge is -2.22. The first-order valence-electron chi connectivity index (χ1n) is 6.16. The first kappa shape index (κ1) is 16.6. The quantitative estimate of drug-likeness (QED) is 0.686. The smallest absolute Gasteiger partial charge is 0.258 e. The highest BCUT2D eigenvalue weighted by Crippen LogP contribution is 2.32. The normalized spacial score (nSPS) is 12.5. The SMILES string of the molecule is Cc1cc(C)c(S(=O)(=O)NC(C)(C)C)c(C)c1[N+](=O)[O-]. The molecular formula is C13H20N2O4S. The molecular weight excluding hydrogens is 280 g/mol. The Morgan fingerprint density at radius 2 is 1.65 bits per heavy atom. The van der Waals surface area contributed by atoms with Gasteiger partial charge in [-0.2, -0.15) is 0 Å². The van der Waals surface area contributed by atoms with Crippen molar-refractivity contribution >= 4 is 15.7 Å². The molecule has 1 N–H and O–H groups in total. The minimum Gasteiger partial charge on any atom is -0.258 e. The summed E-state index contributed by atoms with van der Waals surface area (Å²) in [5.74, 6) is 0. The zero-order valence-electron chi connectivity index (χ0n) is 12.6. The number of benzene rings is 1. The van der Waals surface area contributed by atoms with Gasteiger partial charge in [0, 0.05) is 16.7 Å². The van der Waals surface area contributed by atoms with E-state index in [1.807, 2.05) is 0 Å². The van der Waals surface area contributed by atoms with E-state index in [2.05, 4.69) is 4.72 Å². The molecule has 0 amide bonds. The van der Waals surface area contributed by atoms with E-state index in [0.717, 1.165) is 0 Å². The molecule has 0 aliphatic carbocycles. The van der Waals surface area contributed by atoms with Crippen LogP contribution in [0.4, 0.5) is 5.69 Å². The molecule has 0 aliphatic rings. The zero-order chi connectivity index (χ0) is 15.9. The Morgan fingerprint density at radius 1 is 1.15 bits per heavy atom. The number of nitro groups is 1. The van der Waals surface area contributed by atoms with Crippen LogP contribution in [0.2, 0.25) is 0 Å². The van der Waals surface area contributed by atoms with Gasteiger partial charge >= 0.3 is 0 Å². The first-order chi connectivity index (χ1) is 8.87. The summed E-state index contributed by atoms with van der Waals surface area (Å²) in [5.41, 5.74) is 0.327. The van der Waals surface area contributed by atoms with Gasteiger partial charge in [-0.1, -0.05) is 0 Å². The van der Waals surface area contributed by atoms with Crippen molar-refractivity contribution in [2.75, 3.05) is 0 Å². The van der Waals surface area contributed by atoms with Gasteiger partial charge in [0.2, 0.25) is 10.0 Å². The Balaban J connectivity index is 3.62. The van der Waals surface area contributed by atoms with Crippen LogP contribution in [0.1, 0.15) is 37.5 Å².